The summed E-state index contributed by atoms with van der Waals surface area (Å²) >= 11 is 0. The number of furan rings is 1. The highest BCUT2D eigenvalue weighted by Crippen LogP contribution is 2.35. The maximum Gasteiger partial charge on any atom is 0.340 e. The van der Waals surface area contributed by atoms with Crippen molar-refractivity contribution >= 4 is 41.1 Å². The number of anilines is 2. The average Bonchev–Trinajstić information content (AvgIpc) is 3.46. The molecule has 2 N–H and O–H groups in total. The van der Waals surface area contributed by atoms with Crippen molar-refractivity contribution < 1.29 is 28.3 Å². The predicted octanol–water partition coefficient (Wildman–Crippen LogP) is 4.03. The third kappa shape index (κ3) is 5.41. The van der Waals surface area contributed by atoms with E-state index in [9.17, 15) is 19.2 Å². The molecule has 4 rings (SSSR count). The fourth-order valence-corrected chi connectivity index (χ4v) is 4.03. The molecule has 9 nitrogen and oxygen atoms in total. The minimum atomic E-state index is -0.824. The molecule has 0 radical (unpaired) electrons. The zero-order chi connectivity index (χ0) is 27.4. The molecule has 0 atom stereocenters. The Morgan fingerprint density at radius 1 is 0.947 bits per heavy atom. The Bertz CT molecular complexity index is 1480. The molecule has 3 amide bonds. The summed E-state index contributed by atoms with van der Waals surface area (Å²) in [5.41, 5.74) is 3.90. The largest absolute Gasteiger partial charge is 0.465 e. The Morgan fingerprint density at radius 3 is 2.37 bits per heavy atom. The van der Waals surface area contributed by atoms with Crippen molar-refractivity contribution in [3.63, 3.8) is 0 Å². The predicted molar refractivity (Wildman–Crippen MR) is 142 cm³/mol. The van der Waals surface area contributed by atoms with Crippen LogP contribution in [0.4, 0.5) is 11.4 Å². The van der Waals surface area contributed by atoms with Gasteiger partial charge in [-0.05, 0) is 74.4 Å². The Hall–Kier alpha value is -4.92. The first-order chi connectivity index (χ1) is 18.2. The number of allylic oxidation sites excluding steroid dienone is 1. The number of nitrogens with one attached hydrogen (secondary N) is 2. The van der Waals surface area contributed by atoms with Crippen molar-refractivity contribution in [3.8, 4) is 0 Å². The average molecular weight is 514 g/mol. The molecular formula is C29H27N3O6. The van der Waals surface area contributed by atoms with Gasteiger partial charge in [0.2, 0.25) is 0 Å². The van der Waals surface area contributed by atoms with E-state index in [1.165, 1.54) is 18.1 Å². The number of amides is 3. The molecule has 0 unspecified atom stereocenters. The highest BCUT2D eigenvalue weighted by atomic mass is 16.5. The number of rotatable bonds is 6. The number of ether oxygens (including phenoxy) is 1. The zero-order valence-corrected chi connectivity index (χ0v) is 21.5. The quantitative estimate of drug-likeness (QED) is 0.292. The van der Waals surface area contributed by atoms with Crippen molar-refractivity contribution in [1.82, 2.24) is 5.32 Å². The SMILES string of the molecule is COC(=O)C1=C(C)N(c2ccccc2)C(=O)/C1=C/c1ccc(CNC(=O)C(=O)Nc2ccc(C)c(C)c2)o1. The van der Waals surface area contributed by atoms with Crippen LogP contribution in [0.1, 0.15) is 29.6 Å². The summed E-state index contributed by atoms with van der Waals surface area (Å²) in [6.07, 6.45) is 1.46. The van der Waals surface area contributed by atoms with Gasteiger partial charge in [0.25, 0.3) is 5.91 Å². The van der Waals surface area contributed by atoms with Crippen LogP contribution in [-0.4, -0.2) is 30.8 Å². The number of aryl methyl sites for hydroxylation is 2. The Balaban J connectivity index is 1.47. The van der Waals surface area contributed by atoms with Crippen molar-refractivity contribution in [2.75, 3.05) is 17.3 Å². The molecule has 9 heteroatoms. The molecule has 0 aliphatic carbocycles. The van der Waals surface area contributed by atoms with E-state index in [1.54, 1.807) is 55.5 Å². The number of para-hydroxylation sites is 1. The van der Waals surface area contributed by atoms with Crippen LogP contribution in [0.15, 0.2) is 81.9 Å². The van der Waals surface area contributed by atoms with Gasteiger partial charge in [-0.1, -0.05) is 24.3 Å². The maximum atomic E-state index is 13.3. The molecule has 0 spiro atoms. The van der Waals surface area contributed by atoms with Crippen LogP contribution in [0, 0.1) is 13.8 Å². The third-order valence-corrected chi connectivity index (χ3v) is 6.17. The minimum absolute atomic E-state index is 0.0504. The summed E-state index contributed by atoms with van der Waals surface area (Å²) in [4.78, 5) is 51.8. The lowest BCUT2D eigenvalue weighted by Crippen LogP contribution is -2.34. The Morgan fingerprint density at radius 2 is 1.68 bits per heavy atom. The van der Waals surface area contributed by atoms with Gasteiger partial charge in [0, 0.05) is 17.1 Å². The molecular weight excluding hydrogens is 486 g/mol. The van der Waals surface area contributed by atoms with Crippen molar-refractivity contribution in [1.29, 1.82) is 0 Å². The lowest BCUT2D eigenvalue weighted by Gasteiger charge is -2.17. The Labute approximate surface area is 219 Å². The summed E-state index contributed by atoms with van der Waals surface area (Å²) in [6, 6.07) is 17.5. The van der Waals surface area contributed by atoms with Crippen molar-refractivity contribution in [3.05, 3.63) is 100 Å². The zero-order valence-electron chi connectivity index (χ0n) is 21.5. The van der Waals surface area contributed by atoms with E-state index in [4.69, 9.17) is 9.15 Å². The minimum Gasteiger partial charge on any atom is -0.465 e. The summed E-state index contributed by atoms with van der Waals surface area (Å²) in [5.74, 6) is -2.02. The molecule has 2 heterocycles. The Kier molecular flexibility index (Phi) is 7.57. The summed E-state index contributed by atoms with van der Waals surface area (Å²) in [7, 11) is 1.25. The summed E-state index contributed by atoms with van der Waals surface area (Å²) in [5, 5.41) is 5.07. The number of methoxy groups -OCH3 is 1. The van der Waals surface area contributed by atoms with E-state index < -0.39 is 23.7 Å². The lowest BCUT2D eigenvalue weighted by atomic mass is 10.1. The van der Waals surface area contributed by atoms with Gasteiger partial charge in [-0.3, -0.25) is 19.3 Å². The monoisotopic (exact) mass is 513 g/mol. The molecule has 1 aliphatic rings. The molecule has 194 valence electrons. The molecule has 0 bridgehead atoms. The van der Waals surface area contributed by atoms with Gasteiger partial charge >= 0.3 is 17.8 Å². The number of hydrogen-bond donors (Lipinski definition) is 2. The normalized spacial score (nSPS) is 14.2. The molecule has 3 aromatic rings. The second-order valence-corrected chi connectivity index (χ2v) is 8.73. The van der Waals surface area contributed by atoms with Crippen LogP contribution in [0.5, 0.6) is 0 Å². The summed E-state index contributed by atoms with van der Waals surface area (Å²) in [6.45, 7) is 5.49. The fraction of sp³-hybridized carbons (Fsp3) is 0.172. The van der Waals surface area contributed by atoms with Gasteiger partial charge < -0.3 is 19.8 Å². The van der Waals surface area contributed by atoms with Gasteiger partial charge in [0.1, 0.15) is 11.5 Å². The molecule has 1 aromatic heterocycles. The van der Waals surface area contributed by atoms with Crippen molar-refractivity contribution in [2.24, 2.45) is 0 Å². The molecule has 38 heavy (non-hydrogen) atoms. The van der Waals surface area contributed by atoms with Crippen LogP contribution in [0.3, 0.4) is 0 Å². The van der Waals surface area contributed by atoms with Crippen LogP contribution < -0.4 is 15.5 Å². The van der Waals surface area contributed by atoms with Gasteiger partial charge in [0.05, 0.1) is 24.8 Å². The number of carbonyl (C=O) groups excluding carboxylic acids is 4. The first kappa shape index (κ1) is 26.2. The van der Waals surface area contributed by atoms with Crippen LogP contribution >= 0.6 is 0 Å². The van der Waals surface area contributed by atoms with Crippen molar-refractivity contribution in [2.45, 2.75) is 27.3 Å². The molecule has 0 saturated carbocycles. The van der Waals surface area contributed by atoms with E-state index in [0.29, 0.717) is 28.6 Å². The third-order valence-electron chi connectivity index (χ3n) is 6.17. The van der Waals surface area contributed by atoms with E-state index in [1.807, 2.05) is 26.0 Å². The van der Waals surface area contributed by atoms with Crippen LogP contribution in [-0.2, 0) is 30.5 Å². The van der Waals surface area contributed by atoms with Crippen LogP contribution in [0.2, 0.25) is 0 Å². The van der Waals surface area contributed by atoms with Crippen LogP contribution in [0.25, 0.3) is 6.08 Å². The van der Waals surface area contributed by atoms with E-state index in [0.717, 1.165) is 11.1 Å². The first-order valence-electron chi connectivity index (χ1n) is 11.9. The topological polar surface area (TPSA) is 118 Å². The molecule has 0 saturated heterocycles. The number of hydrogen-bond acceptors (Lipinski definition) is 6. The number of benzene rings is 2. The van der Waals surface area contributed by atoms with E-state index in [2.05, 4.69) is 10.6 Å². The van der Waals surface area contributed by atoms with Gasteiger partial charge in [0.15, 0.2) is 0 Å². The summed E-state index contributed by atoms with van der Waals surface area (Å²) < 4.78 is 10.7. The smallest absolute Gasteiger partial charge is 0.340 e. The molecule has 2 aromatic carbocycles. The lowest BCUT2D eigenvalue weighted by molar-refractivity contribution is -0.136. The fourth-order valence-electron chi connectivity index (χ4n) is 4.03. The highest BCUT2D eigenvalue weighted by molar-refractivity contribution is 6.39. The maximum absolute atomic E-state index is 13.3. The number of esters is 1. The second-order valence-electron chi connectivity index (χ2n) is 8.73. The number of nitrogens with zero attached hydrogens (tertiary/aromatic N) is 1. The standard InChI is InChI=1S/C29H27N3O6/c1-17-10-11-20(14-18(17)2)31-27(34)26(33)30-16-23-13-12-22(38-23)15-24-25(29(36)37-4)19(3)32(28(24)35)21-8-6-5-7-9-21/h5-15H,16H2,1-4H3,(H,30,33)(H,31,34)/b24-15+. The van der Waals surface area contributed by atoms with Gasteiger partial charge in [-0.15, -0.1) is 0 Å². The molecule has 0 fully saturated rings. The van der Waals surface area contributed by atoms with Gasteiger partial charge in [-0.25, -0.2) is 4.79 Å². The van der Waals surface area contributed by atoms with E-state index in [-0.39, 0.29) is 17.7 Å². The first-order valence-corrected chi connectivity index (χ1v) is 11.9. The second kappa shape index (κ2) is 11.0. The number of carbonyl (C=O) groups is 4. The van der Waals surface area contributed by atoms with E-state index >= 15 is 0 Å². The highest BCUT2D eigenvalue weighted by Gasteiger charge is 2.38. The van der Waals surface area contributed by atoms with Gasteiger partial charge in [-0.2, -0.15) is 0 Å². The molecule has 1 aliphatic heterocycles.